The molecule has 0 radical (unpaired) electrons. The highest BCUT2D eigenvalue weighted by Gasteiger charge is 2.25. The molecular formula is C15H18N4O. The third kappa shape index (κ3) is 2.05. The Kier molecular flexibility index (Phi) is 3.18. The molecule has 0 saturated carbocycles. The van der Waals surface area contributed by atoms with Crippen molar-refractivity contribution < 1.29 is 4.79 Å². The van der Waals surface area contributed by atoms with Crippen LogP contribution in [0.15, 0.2) is 24.3 Å². The lowest BCUT2D eigenvalue weighted by Crippen LogP contribution is -2.36. The number of amides is 1. The summed E-state index contributed by atoms with van der Waals surface area (Å²) in [6.07, 6.45) is 1.63. The summed E-state index contributed by atoms with van der Waals surface area (Å²) in [5.74, 6) is -0.0899. The lowest BCUT2D eigenvalue weighted by Gasteiger charge is -2.28. The maximum atomic E-state index is 12.5. The van der Waals surface area contributed by atoms with Crippen LogP contribution >= 0.6 is 0 Å². The fraction of sp³-hybridized carbons (Fsp3) is 0.333. The van der Waals surface area contributed by atoms with Crippen molar-refractivity contribution in [3.8, 4) is 0 Å². The Hall–Kier alpha value is -2.30. The summed E-state index contributed by atoms with van der Waals surface area (Å²) in [6.45, 7) is 3.32. The van der Waals surface area contributed by atoms with Crippen molar-refractivity contribution in [3.63, 3.8) is 0 Å². The van der Waals surface area contributed by atoms with Crippen LogP contribution in [-0.4, -0.2) is 27.5 Å². The number of H-pyrrole nitrogens is 1. The highest BCUT2D eigenvalue weighted by molar-refractivity contribution is 5.97. The largest absolute Gasteiger partial charge is 0.395 e. The number of carbonyl (C=O) groups excluding carboxylic acids is 1. The monoisotopic (exact) mass is 270 g/mol. The van der Waals surface area contributed by atoms with E-state index in [1.807, 2.05) is 24.0 Å². The molecule has 0 aliphatic carbocycles. The molecular weight excluding hydrogens is 252 g/mol. The number of fused-ring (bicyclic) bond motifs is 1. The Morgan fingerprint density at radius 1 is 1.40 bits per heavy atom. The number of carbonyl (C=O) groups is 1. The van der Waals surface area contributed by atoms with Gasteiger partial charge in [0, 0.05) is 13.1 Å². The Balaban J connectivity index is 1.84. The summed E-state index contributed by atoms with van der Waals surface area (Å²) in [5, 5.41) is 6.92. The third-order valence-corrected chi connectivity index (χ3v) is 3.86. The Morgan fingerprint density at radius 2 is 2.15 bits per heavy atom. The Labute approximate surface area is 117 Å². The number of aromatic nitrogens is 2. The summed E-state index contributed by atoms with van der Waals surface area (Å²) in [6, 6.07) is 8.23. The van der Waals surface area contributed by atoms with E-state index in [-0.39, 0.29) is 5.91 Å². The number of nitrogens with one attached hydrogen (secondary N) is 1. The summed E-state index contributed by atoms with van der Waals surface area (Å²) in [7, 11) is 0. The van der Waals surface area contributed by atoms with E-state index >= 15 is 0 Å². The van der Waals surface area contributed by atoms with Gasteiger partial charge in [-0.15, -0.1) is 0 Å². The predicted molar refractivity (Wildman–Crippen MR) is 77.3 cm³/mol. The van der Waals surface area contributed by atoms with Crippen LogP contribution in [0.5, 0.6) is 0 Å². The van der Waals surface area contributed by atoms with Gasteiger partial charge in [0.1, 0.15) is 0 Å². The molecule has 0 spiro atoms. The Bertz CT molecular complexity index is 647. The molecule has 0 saturated heterocycles. The number of anilines is 1. The van der Waals surface area contributed by atoms with Crippen molar-refractivity contribution in [2.24, 2.45) is 0 Å². The standard InChI is InChI=1S/C15H18N4O/c1-2-12-13(16)14(18-17-12)15(20)19-8-7-10-5-3-4-6-11(10)9-19/h3-6H,2,7-9,16H2,1H3,(H,17,18). The lowest BCUT2D eigenvalue weighted by atomic mass is 9.99. The van der Waals surface area contributed by atoms with Crippen molar-refractivity contribution in [1.82, 2.24) is 15.1 Å². The molecule has 20 heavy (non-hydrogen) atoms. The second-order valence-electron chi connectivity index (χ2n) is 5.06. The van der Waals surface area contributed by atoms with Crippen LogP contribution in [0.4, 0.5) is 5.69 Å². The number of hydrogen-bond donors (Lipinski definition) is 2. The van der Waals surface area contributed by atoms with E-state index in [9.17, 15) is 4.79 Å². The zero-order valence-electron chi connectivity index (χ0n) is 11.5. The zero-order valence-corrected chi connectivity index (χ0v) is 11.5. The lowest BCUT2D eigenvalue weighted by molar-refractivity contribution is 0.0730. The summed E-state index contributed by atoms with van der Waals surface area (Å²) < 4.78 is 0. The average molecular weight is 270 g/mol. The maximum Gasteiger partial charge on any atom is 0.276 e. The number of hydrogen-bond acceptors (Lipinski definition) is 3. The first kappa shape index (κ1) is 12.7. The van der Waals surface area contributed by atoms with E-state index < -0.39 is 0 Å². The van der Waals surface area contributed by atoms with Gasteiger partial charge in [0.05, 0.1) is 11.4 Å². The van der Waals surface area contributed by atoms with E-state index in [0.29, 0.717) is 24.5 Å². The summed E-state index contributed by atoms with van der Waals surface area (Å²) in [4.78, 5) is 14.3. The van der Waals surface area contributed by atoms with Crippen LogP contribution in [-0.2, 0) is 19.4 Å². The smallest absolute Gasteiger partial charge is 0.276 e. The number of benzene rings is 1. The number of nitrogen functional groups attached to an aromatic ring is 1. The van der Waals surface area contributed by atoms with Crippen molar-refractivity contribution in [1.29, 1.82) is 0 Å². The third-order valence-electron chi connectivity index (χ3n) is 3.86. The molecule has 1 aliphatic heterocycles. The molecule has 1 aromatic carbocycles. The van der Waals surface area contributed by atoms with Crippen molar-refractivity contribution in [3.05, 3.63) is 46.8 Å². The number of aryl methyl sites for hydroxylation is 1. The first-order chi connectivity index (χ1) is 9.70. The fourth-order valence-corrected chi connectivity index (χ4v) is 2.64. The van der Waals surface area contributed by atoms with Crippen LogP contribution in [0.1, 0.15) is 34.2 Å². The molecule has 2 aromatic rings. The SMILES string of the molecule is CCc1[nH]nc(C(=O)N2CCc3ccccc3C2)c1N. The highest BCUT2D eigenvalue weighted by atomic mass is 16.2. The first-order valence-electron chi connectivity index (χ1n) is 6.89. The molecule has 0 bridgehead atoms. The van der Waals surface area contributed by atoms with Crippen LogP contribution in [0.2, 0.25) is 0 Å². The average Bonchev–Trinajstić information content (AvgIpc) is 2.87. The van der Waals surface area contributed by atoms with Crippen LogP contribution in [0.25, 0.3) is 0 Å². The molecule has 3 rings (SSSR count). The van der Waals surface area contributed by atoms with E-state index in [2.05, 4.69) is 22.3 Å². The number of nitrogens with zero attached hydrogens (tertiary/aromatic N) is 2. The van der Waals surface area contributed by atoms with Gasteiger partial charge < -0.3 is 10.6 Å². The van der Waals surface area contributed by atoms with Crippen LogP contribution in [0.3, 0.4) is 0 Å². The van der Waals surface area contributed by atoms with Gasteiger partial charge in [-0.3, -0.25) is 9.89 Å². The second kappa shape index (κ2) is 5.00. The van der Waals surface area contributed by atoms with Crippen molar-refractivity contribution in [2.45, 2.75) is 26.3 Å². The first-order valence-corrected chi connectivity index (χ1v) is 6.89. The van der Waals surface area contributed by atoms with E-state index in [0.717, 1.165) is 18.5 Å². The molecule has 0 fully saturated rings. The number of rotatable bonds is 2. The topological polar surface area (TPSA) is 75.0 Å². The zero-order chi connectivity index (χ0) is 14.1. The molecule has 0 atom stereocenters. The quantitative estimate of drug-likeness (QED) is 0.873. The maximum absolute atomic E-state index is 12.5. The molecule has 1 aromatic heterocycles. The van der Waals surface area contributed by atoms with Gasteiger partial charge >= 0.3 is 0 Å². The van der Waals surface area contributed by atoms with E-state index in [1.165, 1.54) is 11.1 Å². The highest BCUT2D eigenvalue weighted by Crippen LogP contribution is 2.22. The molecule has 2 heterocycles. The molecule has 104 valence electrons. The van der Waals surface area contributed by atoms with Gasteiger partial charge in [0.15, 0.2) is 5.69 Å². The molecule has 1 amide bonds. The molecule has 1 aliphatic rings. The normalized spacial score (nSPS) is 14.2. The second-order valence-corrected chi connectivity index (χ2v) is 5.06. The van der Waals surface area contributed by atoms with Gasteiger partial charge in [-0.25, -0.2) is 0 Å². The van der Waals surface area contributed by atoms with Gasteiger partial charge in [-0.2, -0.15) is 5.10 Å². The van der Waals surface area contributed by atoms with Gasteiger partial charge in [0.2, 0.25) is 0 Å². The predicted octanol–water partition coefficient (Wildman–Crippen LogP) is 1.75. The Morgan fingerprint density at radius 3 is 2.85 bits per heavy atom. The minimum atomic E-state index is -0.0899. The van der Waals surface area contributed by atoms with Crippen molar-refractivity contribution in [2.75, 3.05) is 12.3 Å². The minimum absolute atomic E-state index is 0.0899. The number of nitrogens with two attached hydrogens (primary N) is 1. The van der Waals surface area contributed by atoms with Gasteiger partial charge in [-0.05, 0) is 24.0 Å². The summed E-state index contributed by atoms with van der Waals surface area (Å²) >= 11 is 0. The minimum Gasteiger partial charge on any atom is -0.395 e. The van der Waals surface area contributed by atoms with Crippen LogP contribution < -0.4 is 5.73 Å². The molecule has 5 nitrogen and oxygen atoms in total. The van der Waals surface area contributed by atoms with Gasteiger partial charge in [-0.1, -0.05) is 31.2 Å². The summed E-state index contributed by atoms with van der Waals surface area (Å²) in [5.41, 5.74) is 10.2. The van der Waals surface area contributed by atoms with E-state index in [4.69, 9.17) is 5.73 Å². The number of aromatic amines is 1. The molecule has 3 N–H and O–H groups in total. The fourth-order valence-electron chi connectivity index (χ4n) is 2.64. The van der Waals surface area contributed by atoms with Gasteiger partial charge in [0.25, 0.3) is 5.91 Å². The molecule has 0 unspecified atom stereocenters. The van der Waals surface area contributed by atoms with Crippen molar-refractivity contribution >= 4 is 11.6 Å². The molecule has 5 heteroatoms. The van der Waals surface area contributed by atoms with Crippen LogP contribution in [0, 0.1) is 0 Å². The van der Waals surface area contributed by atoms with E-state index in [1.54, 1.807) is 0 Å².